The number of carbonyl (C=O) groups excluding carboxylic acids is 1. The van der Waals surface area contributed by atoms with Crippen LogP contribution in [-0.4, -0.2) is 12.5 Å². The minimum absolute atomic E-state index is 0.0941. The van der Waals surface area contributed by atoms with E-state index in [1.807, 2.05) is 54.6 Å². The Morgan fingerprint density at radius 3 is 2.38 bits per heavy atom. The second-order valence-electron chi connectivity index (χ2n) is 5.73. The van der Waals surface area contributed by atoms with Crippen molar-refractivity contribution in [2.75, 3.05) is 11.9 Å². The zero-order valence-corrected chi connectivity index (χ0v) is 13.9. The molecule has 0 heterocycles. The maximum absolute atomic E-state index is 13.2. The van der Waals surface area contributed by atoms with Crippen LogP contribution in [0.2, 0.25) is 0 Å². The summed E-state index contributed by atoms with van der Waals surface area (Å²) in [5.41, 5.74) is 2.79. The molecule has 1 N–H and O–H groups in total. The van der Waals surface area contributed by atoms with Gasteiger partial charge in [0.25, 0.3) is 5.91 Å². The summed E-state index contributed by atoms with van der Waals surface area (Å²) in [6.45, 7) is -0.301. The second kappa shape index (κ2) is 8.25. The van der Waals surface area contributed by atoms with E-state index in [2.05, 4.69) is 5.32 Å². The number of benzene rings is 3. The molecule has 0 spiro atoms. The van der Waals surface area contributed by atoms with Crippen LogP contribution in [0.4, 0.5) is 14.5 Å². The van der Waals surface area contributed by atoms with Crippen molar-refractivity contribution in [2.45, 2.75) is 6.42 Å². The number of rotatable bonds is 6. The summed E-state index contributed by atoms with van der Waals surface area (Å²) in [5, 5.41) is 2.80. The van der Waals surface area contributed by atoms with E-state index < -0.39 is 11.6 Å². The van der Waals surface area contributed by atoms with Gasteiger partial charge in [-0.3, -0.25) is 4.79 Å². The Balaban J connectivity index is 1.63. The quantitative estimate of drug-likeness (QED) is 0.705. The molecule has 0 atom stereocenters. The van der Waals surface area contributed by atoms with Gasteiger partial charge in [0.05, 0.1) is 0 Å². The van der Waals surface area contributed by atoms with Crippen molar-refractivity contribution in [3.63, 3.8) is 0 Å². The van der Waals surface area contributed by atoms with Crippen LogP contribution in [0.15, 0.2) is 72.8 Å². The summed E-state index contributed by atoms with van der Waals surface area (Å²) in [6, 6.07) is 20.6. The SMILES string of the molecule is O=C(COc1ccc(F)c(F)c1)Nc1ccccc1Cc1ccccc1. The van der Waals surface area contributed by atoms with Crippen molar-refractivity contribution in [1.82, 2.24) is 0 Å². The molecule has 1 amide bonds. The van der Waals surface area contributed by atoms with E-state index in [0.717, 1.165) is 23.3 Å². The minimum atomic E-state index is -1.02. The van der Waals surface area contributed by atoms with Gasteiger partial charge in [-0.15, -0.1) is 0 Å². The monoisotopic (exact) mass is 353 g/mol. The lowest BCUT2D eigenvalue weighted by Crippen LogP contribution is -2.21. The fourth-order valence-corrected chi connectivity index (χ4v) is 2.51. The Bertz CT molecular complexity index is 898. The molecule has 0 aliphatic rings. The lowest BCUT2D eigenvalue weighted by Gasteiger charge is -2.12. The summed E-state index contributed by atoms with van der Waals surface area (Å²) in [5.74, 6) is -2.26. The van der Waals surface area contributed by atoms with E-state index in [1.165, 1.54) is 6.07 Å². The van der Waals surface area contributed by atoms with Crippen molar-refractivity contribution < 1.29 is 18.3 Å². The van der Waals surface area contributed by atoms with Crippen molar-refractivity contribution in [3.8, 4) is 5.75 Å². The van der Waals surface area contributed by atoms with Gasteiger partial charge in [0, 0.05) is 11.8 Å². The molecule has 0 radical (unpaired) electrons. The first kappa shape index (κ1) is 17.6. The Kier molecular flexibility index (Phi) is 5.59. The highest BCUT2D eigenvalue weighted by molar-refractivity contribution is 5.92. The van der Waals surface area contributed by atoms with Gasteiger partial charge in [0.15, 0.2) is 18.2 Å². The zero-order valence-electron chi connectivity index (χ0n) is 13.9. The third kappa shape index (κ3) is 4.66. The summed E-state index contributed by atoms with van der Waals surface area (Å²) in [4.78, 5) is 12.1. The van der Waals surface area contributed by atoms with E-state index in [0.29, 0.717) is 12.1 Å². The number of nitrogens with one attached hydrogen (secondary N) is 1. The molecule has 0 unspecified atom stereocenters. The smallest absolute Gasteiger partial charge is 0.262 e. The van der Waals surface area contributed by atoms with Gasteiger partial charge in [-0.25, -0.2) is 8.78 Å². The number of para-hydroxylation sites is 1. The fraction of sp³-hybridized carbons (Fsp3) is 0.0952. The molecule has 0 aromatic heterocycles. The van der Waals surface area contributed by atoms with Crippen molar-refractivity contribution >= 4 is 11.6 Å². The van der Waals surface area contributed by atoms with Gasteiger partial charge >= 0.3 is 0 Å². The number of hydrogen-bond acceptors (Lipinski definition) is 2. The van der Waals surface area contributed by atoms with E-state index in [4.69, 9.17) is 4.74 Å². The fourth-order valence-electron chi connectivity index (χ4n) is 2.51. The molecule has 3 rings (SSSR count). The molecule has 0 aliphatic heterocycles. The molecule has 5 heteroatoms. The van der Waals surface area contributed by atoms with Gasteiger partial charge in [-0.05, 0) is 35.7 Å². The van der Waals surface area contributed by atoms with Crippen molar-refractivity contribution in [3.05, 3.63) is 95.6 Å². The van der Waals surface area contributed by atoms with Gasteiger partial charge in [0.2, 0.25) is 0 Å². The van der Waals surface area contributed by atoms with Crippen LogP contribution in [0.25, 0.3) is 0 Å². The zero-order chi connectivity index (χ0) is 18.4. The number of anilines is 1. The van der Waals surface area contributed by atoms with E-state index in [9.17, 15) is 13.6 Å². The second-order valence-corrected chi connectivity index (χ2v) is 5.73. The molecule has 0 saturated heterocycles. The molecule has 26 heavy (non-hydrogen) atoms. The highest BCUT2D eigenvalue weighted by Crippen LogP contribution is 2.19. The summed E-state index contributed by atoms with van der Waals surface area (Å²) < 4.78 is 31.3. The molecule has 3 nitrogen and oxygen atoms in total. The van der Waals surface area contributed by atoms with Gasteiger partial charge in [-0.1, -0.05) is 48.5 Å². The molecular weight excluding hydrogens is 336 g/mol. The lowest BCUT2D eigenvalue weighted by atomic mass is 10.0. The molecule has 0 fully saturated rings. The number of hydrogen-bond donors (Lipinski definition) is 1. The Hall–Kier alpha value is -3.21. The predicted octanol–water partition coefficient (Wildman–Crippen LogP) is 4.57. The standard InChI is InChI=1S/C21H17F2NO2/c22-18-11-10-17(13-19(18)23)26-14-21(25)24-20-9-5-4-8-16(20)12-15-6-2-1-3-7-15/h1-11,13H,12,14H2,(H,24,25). The largest absolute Gasteiger partial charge is 0.484 e. The van der Waals surface area contributed by atoms with E-state index >= 15 is 0 Å². The highest BCUT2D eigenvalue weighted by atomic mass is 19.2. The number of amides is 1. The first-order valence-corrected chi connectivity index (χ1v) is 8.11. The Morgan fingerprint density at radius 1 is 0.885 bits per heavy atom. The van der Waals surface area contributed by atoms with Crippen LogP contribution < -0.4 is 10.1 Å². The van der Waals surface area contributed by atoms with Crippen molar-refractivity contribution in [2.24, 2.45) is 0 Å². The first-order valence-electron chi connectivity index (χ1n) is 8.11. The van der Waals surface area contributed by atoms with Crippen LogP contribution >= 0.6 is 0 Å². The molecule has 132 valence electrons. The summed E-state index contributed by atoms with van der Waals surface area (Å²) in [6.07, 6.45) is 0.682. The summed E-state index contributed by atoms with van der Waals surface area (Å²) >= 11 is 0. The molecular formula is C21H17F2NO2. The first-order chi connectivity index (χ1) is 12.6. The van der Waals surface area contributed by atoms with Crippen LogP contribution in [0, 0.1) is 11.6 Å². The van der Waals surface area contributed by atoms with Gasteiger partial charge < -0.3 is 10.1 Å². The number of halogens is 2. The molecule has 0 bridgehead atoms. The molecule has 0 aliphatic carbocycles. The third-order valence-corrected chi connectivity index (χ3v) is 3.79. The van der Waals surface area contributed by atoms with E-state index in [-0.39, 0.29) is 18.3 Å². The van der Waals surface area contributed by atoms with Gasteiger partial charge in [0.1, 0.15) is 5.75 Å². The normalized spacial score (nSPS) is 10.4. The van der Waals surface area contributed by atoms with E-state index in [1.54, 1.807) is 0 Å². The Morgan fingerprint density at radius 2 is 1.62 bits per heavy atom. The predicted molar refractivity (Wildman–Crippen MR) is 96.2 cm³/mol. The average Bonchev–Trinajstić information content (AvgIpc) is 2.65. The Labute approximate surface area is 150 Å². The topological polar surface area (TPSA) is 38.3 Å². The number of ether oxygens (including phenoxy) is 1. The highest BCUT2D eigenvalue weighted by Gasteiger charge is 2.09. The van der Waals surface area contributed by atoms with Crippen LogP contribution in [0.1, 0.15) is 11.1 Å². The van der Waals surface area contributed by atoms with Crippen LogP contribution in [-0.2, 0) is 11.2 Å². The van der Waals surface area contributed by atoms with Crippen LogP contribution in [0.3, 0.4) is 0 Å². The van der Waals surface area contributed by atoms with Crippen LogP contribution in [0.5, 0.6) is 5.75 Å². The maximum atomic E-state index is 13.2. The molecule has 3 aromatic rings. The average molecular weight is 353 g/mol. The number of carbonyl (C=O) groups is 1. The third-order valence-electron chi connectivity index (χ3n) is 3.79. The molecule has 0 saturated carbocycles. The molecule has 3 aromatic carbocycles. The summed E-state index contributed by atoms with van der Waals surface area (Å²) in [7, 11) is 0. The van der Waals surface area contributed by atoms with Gasteiger partial charge in [-0.2, -0.15) is 0 Å². The minimum Gasteiger partial charge on any atom is -0.484 e. The maximum Gasteiger partial charge on any atom is 0.262 e. The van der Waals surface area contributed by atoms with Crippen molar-refractivity contribution in [1.29, 1.82) is 0 Å². The lowest BCUT2D eigenvalue weighted by molar-refractivity contribution is -0.118.